The first kappa shape index (κ1) is 24.7. The van der Waals surface area contributed by atoms with Crippen LogP contribution in [0.3, 0.4) is 0 Å². The molecule has 0 saturated heterocycles. The Labute approximate surface area is 201 Å². The van der Waals surface area contributed by atoms with Crippen LogP contribution in [0, 0.1) is 6.92 Å². The molecule has 0 aliphatic carbocycles. The fourth-order valence-electron chi connectivity index (χ4n) is 3.36. The van der Waals surface area contributed by atoms with E-state index >= 15 is 0 Å². The lowest BCUT2D eigenvalue weighted by Gasteiger charge is -2.19. The fraction of sp³-hybridized carbons (Fsp3) is 0.333. The Balaban J connectivity index is 0.00000341. The molecule has 1 atom stereocenters. The van der Waals surface area contributed by atoms with Gasteiger partial charge in [0.2, 0.25) is 5.91 Å². The number of hydrogen-bond donors (Lipinski definition) is 3. The van der Waals surface area contributed by atoms with Crippen molar-refractivity contribution in [2.75, 3.05) is 27.2 Å². The van der Waals surface area contributed by atoms with Crippen molar-refractivity contribution in [3.63, 3.8) is 0 Å². The zero-order valence-electron chi connectivity index (χ0n) is 18.6. The molecule has 166 valence electrons. The molecule has 6 nitrogen and oxygen atoms in total. The van der Waals surface area contributed by atoms with Crippen LogP contribution in [0.4, 0.5) is 0 Å². The van der Waals surface area contributed by atoms with Gasteiger partial charge in [-0.25, -0.2) is 4.99 Å². The zero-order valence-corrected chi connectivity index (χ0v) is 20.9. The van der Waals surface area contributed by atoms with E-state index in [4.69, 9.17) is 0 Å². The van der Waals surface area contributed by atoms with Gasteiger partial charge in [-0.05, 0) is 37.0 Å². The van der Waals surface area contributed by atoms with Crippen LogP contribution in [0.25, 0.3) is 10.9 Å². The maximum atomic E-state index is 12.0. The van der Waals surface area contributed by atoms with Crippen molar-refractivity contribution in [2.45, 2.75) is 26.3 Å². The number of carbonyl (C=O) groups excluding carboxylic acids is 1. The number of aromatic nitrogens is 1. The number of H-pyrrole nitrogens is 1. The van der Waals surface area contributed by atoms with Gasteiger partial charge in [0, 0.05) is 37.7 Å². The third kappa shape index (κ3) is 6.72. The van der Waals surface area contributed by atoms with Crippen molar-refractivity contribution in [1.29, 1.82) is 0 Å². The Morgan fingerprint density at radius 3 is 2.58 bits per heavy atom. The van der Waals surface area contributed by atoms with Crippen molar-refractivity contribution < 1.29 is 4.79 Å². The van der Waals surface area contributed by atoms with E-state index in [0.717, 1.165) is 12.0 Å². The smallest absolute Gasteiger partial charge is 0.243 e. The minimum Gasteiger partial charge on any atom is -0.361 e. The number of likely N-dealkylation sites (N-methyl/N-ethyl adjacent to an activating group) is 1. The van der Waals surface area contributed by atoms with Crippen LogP contribution in [0.2, 0.25) is 0 Å². The van der Waals surface area contributed by atoms with E-state index in [0.29, 0.717) is 12.5 Å². The number of guanidine groups is 1. The normalized spacial score (nSPS) is 12.2. The van der Waals surface area contributed by atoms with E-state index in [2.05, 4.69) is 71.0 Å². The van der Waals surface area contributed by atoms with Crippen molar-refractivity contribution in [3.05, 3.63) is 71.4 Å². The standard InChI is InChI=1S/C24H31N5O.HI/c1-17-9-8-12-21-20(15-26-23(17)21)13-14-25-24(27-16-22(30)29(3)4)28-18(2)19-10-6-5-7-11-19;/h5-12,15,18,26H,13-14,16H2,1-4H3,(H2,25,27,28);1H. The number of halogens is 1. The summed E-state index contributed by atoms with van der Waals surface area (Å²) in [6.45, 7) is 5.02. The quantitative estimate of drug-likeness (QED) is 0.244. The highest BCUT2D eigenvalue weighted by molar-refractivity contribution is 14.0. The monoisotopic (exact) mass is 533 g/mol. The van der Waals surface area contributed by atoms with Crippen LogP contribution >= 0.6 is 24.0 Å². The summed E-state index contributed by atoms with van der Waals surface area (Å²) in [6, 6.07) is 16.6. The Hall–Kier alpha value is -2.55. The van der Waals surface area contributed by atoms with Gasteiger partial charge in [-0.15, -0.1) is 24.0 Å². The number of carbonyl (C=O) groups is 1. The number of aromatic amines is 1. The van der Waals surface area contributed by atoms with E-state index in [1.54, 1.807) is 19.0 Å². The molecule has 0 aliphatic heterocycles. The summed E-state index contributed by atoms with van der Waals surface area (Å²) in [5, 5.41) is 8.05. The second kappa shape index (κ2) is 11.7. The summed E-state index contributed by atoms with van der Waals surface area (Å²) in [7, 11) is 3.48. The number of nitrogens with zero attached hydrogens (tertiary/aromatic N) is 2. The number of para-hydroxylation sites is 1. The van der Waals surface area contributed by atoms with E-state index in [-0.39, 0.29) is 42.5 Å². The highest BCUT2D eigenvalue weighted by atomic mass is 127. The molecule has 3 rings (SSSR count). The lowest BCUT2D eigenvalue weighted by Crippen LogP contribution is -2.40. The molecule has 3 aromatic rings. The van der Waals surface area contributed by atoms with E-state index in [9.17, 15) is 4.79 Å². The number of amides is 1. The molecule has 1 aromatic heterocycles. The van der Waals surface area contributed by atoms with Crippen LogP contribution in [-0.4, -0.2) is 48.9 Å². The van der Waals surface area contributed by atoms with Crippen LogP contribution in [0.5, 0.6) is 0 Å². The van der Waals surface area contributed by atoms with E-state index < -0.39 is 0 Å². The first-order valence-corrected chi connectivity index (χ1v) is 10.3. The lowest BCUT2D eigenvalue weighted by molar-refractivity contribution is -0.127. The first-order chi connectivity index (χ1) is 14.5. The fourth-order valence-corrected chi connectivity index (χ4v) is 3.36. The van der Waals surface area contributed by atoms with Crippen molar-refractivity contribution >= 4 is 46.7 Å². The highest BCUT2D eigenvalue weighted by Crippen LogP contribution is 2.21. The Kier molecular flexibility index (Phi) is 9.36. The number of fused-ring (bicyclic) bond motifs is 1. The molecular weight excluding hydrogens is 501 g/mol. The molecule has 0 aliphatic rings. The Morgan fingerprint density at radius 2 is 1.87 bits per heavy atom. The van der Waals surface area contributed by atoms with Gasteiger partial charge in [0.15, 0.2) is 5.96 Å². The van der Waals surface area contributed by atoms with Crippen molar-refractivity contribution in [3.8, 4) is 0 Å². The van der Waals surface area contributed by atoms with Gasteiger partial charge >= 0.3 is 0 Å². The molecular formula is C24H32IN5O. The van der Waals surface area contributed by atoms with Gasteiger partial charge in [0.05, 0.1) is 6.04 Å². The molecule has 1 unspecified atom stereocenters. The molecule has 7 heteroatoms. The number of nitrogens with one attached hydrogen (secondary N) is 3. The largest absolute Gasteiger partial charge is 0.361 e. The summed E-state index contributed by atoms with van der Waals surface area (Å²) < 4.78 is 0. The van der Waals surface area contributed by atoms with Gasteiger partial charge in [0.25, 0.3) is 0 Å². The van der Waals surface area contributed by atoms with Crippen LogP contribution in [0.1, 0.15) is 29.7 Å². The Bertz CT molecular complexity index is 1010. The van der Waals surface area contributed by atoms with Crippen molar-refractivity contribution in [2.24, 2.45) is 4.99 Å². The topological polar surface area (TPSA) is 72.5 Å². The van der Waals surface area contributed by atoms with Gasteiger partial charge in [-0.1, -0.05) is 48.5 Å². The maximum absolute atomic E-state index is 12.0. The van der Waals surface area contributed by atoms with Crippen molar-refractivity contribution in [1.82, 2.24) is 20.5 Å². The third-order valence-electron chi connectivity index (χ3n) is 5.22. The van der Waals surface area contributed by atoms with Gasteiger partial charge < -0.3 is 20.5 Å². The maximum Gasteiger partial charge on any atom is 0.243 e. The van der Waals surface area contributed by atoms with Gasteiger partial charge in [-0.3, -0.25) is 4.79 Å². The average Bonchev–Trinajstić information content (AvgIpc) is 3.16. The van der Waals surface area contributed by atoms with Crippen LogP contribution < -0.4 is 10.6 Å². The number of aryl methyl sites for hydroxylation is 1. The number of aliphatic imine (C=N–C) groups is 1. The highest BCUT2D eigenvalue weighted by Gasteiger charge is 2.10. The number of benzene rings is 2. The minimum absolute atomic E-state index is 0. The van der Waals surface area contributed by atoms with E-state index in [1.165, 1.54) is 22.0 Å². The summed E-state index contributed by atoms with van der Waals surface area (Å²) in [4.78, 5) is 21.4. The first-order valence-electron chi connectivity index (χ1n) is 10.3. The predicted molar refractivity (Wildman–Crippen MR) is 139 cm³/mol. The summed E-state index contributed by atoms with van der Waals surface area (Å²) in [5.41, 5.74) is 4.86. The molecule has 0 saturated carbocycles. The molecule has 0 radical (unpaired) electrons. The second-order valence-corrected chi connectivity index (χ2v) is 7.72. The zero-order chi connectivity index (χ0) is 21.5. The number of rotatable bonds is 7. The molecule has 1 heterocycles. The van der Waals surface area contributed by atoms with Crippen LogP contribution in [0.15, 0.2) is 59.7 Å². The second-order valence-electron chi connectivity index (χ2n) is 7.72. The van der Waals surface area contributed by atoms with Gasteiger partial charge in [-0.2, -0.15) is 0 Å². The summed E-state index contributed by atoms with van der Waals surface area (Å²) in [6.07, 6.45) is 2.93. The molecule has 0 fully saturated rings. The molecule has 0 bridgehead atoms. The SMILES string of the molecule is Cc1cccc2c(CCNC(=NCC(=O)N(C)C)NC(C)c3ccccc3)c[nH]c12.I. The molecule has 2 aromatic carbocycles. The molecule has 1 amide bonds. The molecule has 0 spiro atoms. The third-order valence-corrected chi connectivity index (χ3v) is 5.22. The number of hydrogen-bond acceptors (Lipinski definition) is 2. The average molecular weight is 533 g/mol. The van der Waals surface area contributed by atoms with E-state index in [1.807, 2.05) is 18.2 Å². The predicted octanol–water partition coefficient (Wildman–Crippen LogP) is 4.02. The molecule has 31 heavy (non-hydrogen) atoms. The van der Waals surface area contributed by atoms with Gasteiger partial charge in [0.1, 0.15) is 6.54 Å². The van der Waals surface area contributed by atoms with Crippen LogP contribution in [-0.2, 0) is 11.2 Å². The Morgan fingerprint density at radius 1 is 1.13 bits per heavy atom. The summed E-state index contributed by atoms with van der Waals surface area (Å²) in [5.74, 6) is 0.605. The lowest BCUT2D eigenvalue weighted by atomic mass is 10.1. The molecule has 3 N–H and O–H groups in total. The minimum atomic E-state index is -0.0319. The summed E-state index contributed by atoms with van der Waals surface area (Å²) >= 11 is 0.